The van der Waals surface area contributed by atoms with Gasteiger partial charge in [-0.1, -0.05) is 201 Å². The average Bonchev–Trinajstić information content (AvgIpc) is 3.59. The van der Waals surface area contributed by atoms with Gasteiger partial charge in [0, 0.05) is 12.3 Å². The number of allylic oxidation sites excluding steroid dienone is 3. The molecular weight excluding hydrogens is 753 g/mol. The third kappa shape index (κ3) is 8.05. The molecule has 0 N–H and O–H groups in total. The van der Waals surface area contributed by atoms with Crippen molar-refractivity contribution in [3.63, 3.8) is 0 Å². The summed E-state index contributed by atoms with van der Waals surface area (Å²) in [6, 6.07) is 44.1. The summed E-state index contributed by atoms with van der Waals surface area (Å²) in [5.74, 6) is 1.05. The molecule has 0 amide bonds. The molecule has 0 unspecified atom stereocenters. The zero-order valence-corrected chi connectivity index (χ0v) is 39.0. The second-order valence-corrected chi connectivity index (χ2v) is 28.7. The van der Waals surface area contributed by atoms with E-state index in [0.29, 0.717) is 11.8 Å². The van der Waals surface area contributed by atoms with Crippen LogP contribution in [0, 0.1) is 23.2 Å². The molecule has 6 atom stereocenters. The van der Waals surface area contributed by atoms with Gasteiger partial charge in [-0.25, -0.2) is 0 Å². The number of benzene rings is 4. The van der Waals surface area contributed by atoms with Crippen LogP contribution in [0.5, 0.6) is 0 Å². The molecule has 0 bridgehead atoms. The maximum absolute atomic E-state index is 12.1. The van der Waals surface area contributed by atoms with Crippen molar-refractivity contribution in [3.8, 4) is 0 Å². The zero-order valence-electron chi connectivity index (χ0n) is 37.0. The summed E-state index contributed by atoms with van der Waals surface area (Å²) in [6.45, 7) is 23.7. The quantitative estimate of drug-likeness (QED) is 0.112. The lowest BCUT2D eigenvalue weighted by atomic mass is 9.61. The standard InChI is InChI=1S/C54H68O3Si2/c1-40(39-55)49-34-35-50-42(23-22-36-54(49,50)9)32-33-43-37-44(56-58(52(3,4)5,45-24-14-10-15-25-45)46-26-16-11-17-27-46)38-51(41(43)2)57-59(53(6,7)8,47-28-18-12-19-29-47)48-30-20-13-21-31-48/h10-21,24-33,39-40,44,49-51H,2,22-23,34-38H2,1,3-9H3/b42-32+,43-33+/t40-,44-,49-,50+,51+,54-/m1/s1. The molecule has 0 aliphatic heterocycles. The fraction of sp³-hybridized carbons (Fsp3) is 0.426. The molecule has 3 aliphatic carbocycles. The SMILES string of the molecule is C=C1/C(=C/C=C2\CCC[C@]3(C)[C@@H]([C@H](C)C=O)CC[C@@H]23)C[C@@H](O[Si](c2ccccc2)(c2ccccc2)C(C)(C)C)C[C@@H]1O[Si](c1ccccc1)(c1ccccc1)C(C)(C)C. The van der Waals surface area contributed by atoms with Crippen molar-refractivity contribution in [2.24, 2.45) is 23.2 Å². The minimum Gasteiger partial charge on any atom is -0.404 e. The fourth-order valence-corrected chi connectivity index (χ4v) is 21.1. The van der Waals surface area contributed by atoms with E-state index in [4.69, 9.17) is 15.4 Å². The van der Waals surface area contributed by atoms with Crippen LogP contribution in [0.1, 0.15) is 100 Å². The molecule has 4 aromatic carbocycles. The summed E-state index contributed by atoms with van der Waals surface area (Å²) in [5, 5.41) is 4.79. The van der Waals surface area contributed by atoms with Crippen molar-refractivity contribution in [2.45, 2.75) is 123 Å². The Morgan fingerprint density at radius 2 is 1.15 bits per heavy atom. The van der Waals surface area contributed by atoms with E-state index in [9.17, 15) is 4.79 Å². The molecule has 0 aromatic heterocycles. The molecule has 0 spiro atoms. The van der Waals surface area contributed by atoms with Crippen LogP contribution in [0.25, 0.3) is 0 Å². The van der Waals surface area contributed by atoms with Gasteiger partial charge in [-0.15, -0.1) is 0 Å². The van der Waals surface area contributed by atoms with Gasteiger partial charge in [-0.3, -0.25) is 0 Å². The van der Waals surface area contributed by atoms with Gasteiger partial charge in [-0.2, -0.15) is 0 Å². The van der Waals surface area contributed by atoms with Crippen LogP contribution in [-0.2, 0) is 13.6 Å². The molecule has 59 heavy (non-hydrogen) atoms. The van der Waals surface area contributed by atoms with Crippen LogP contribution in [-0.4, -0.2) is 35.1 Å². The van der Waals surface area contributed by atoms with E-state index in [0.717, 1.165) is 37.7 Å². The Balaban J connectivity index is 1.37. The third-order valence-electron chi connectivity index (χ3n) is 14.6. The Hall–Kier alpha value is -3.88. The summed E-state index contributed by atoms with van der Waals surface area (Å²) in [6.07, 6.45) is 13.0. The summed E-state index contributed by atoms with van der Waals surface area (Å²) >= 11 is 0. The van der Waals surface area contributed by atoms with Crippen molar-refractivity contribution < 1.29 is 13.6 Å². The molecule has 4 aromatic rings. The van der Waals surface area contributed by atoms with Crippen molar-refractivity contribution in [1.82, 2.24) is 0 Å². The van der Waals surface area contributed by atoms with E-state index < -0.39 is 16.6 Å². The average molecular weight is 821 g/mol. The summed E-state index contributed by atoms with van der Waals surface area (Å²) in [4.78, 5) is 12.1. The lowest BCUT2D eigenvalue weighted by Gasteiger charge is -2.49. The van der Waals surface area contributed by atoms with Gasteiger partial charge in [0.2, 0.25) is 0 Å². The predicted molar refractivity (Wildman–Crippen MR) is 253 cm³/mol. The van der Waals surface area contributed by atoms with E-state index in [-0.39, 0.29) is 33.6 Å². The fourth-order valence-electron chi connectivity index (χ4n) is 11.7. The Morgan fingerprint density at radius 3 is 1.59 bits per heavy atom. The van der Waals surface area contributed by atoms with Gasteiger partial charge < -0.3 is 13.6 Å². The van der Waals surface area contributed by atoms with Gasteiger partial charge in [0.1, 0.15) is 6.29 Å². The lowest BCUT2D eigenvalue weighted by Crippen LogP contribution is -2.69. The van der Waals surface area contributed by atoms with Gasteiger partial charge in [-0.05, 0) is 97.7 Å². The number of carbonyl (C=O) groups excluding carboxylic acids is 1. The second-order valence-electron chi connectivity index (χ2n) is 20.2. The minimum absolute atomic E-state index is 0.0967. The van der Waals surface area contributed by atoms with Crippen molar-refractivity contribution in [2.75, 3.05) is 0 Å². The lowest BCUT2D eigenvalue weighted by molar-refractivity contribution is -0.113. The van der Waals surface area contributed by atoms with Gasteiger partial charge >= 0.3 is 0 Å². The molecular formula is C54H68O3Si2. The minimum atomic E-state index is -2.94. The largest absolute Gasteiger partial charge is 0.404 e. The van der Waals surface area contributed by atoms with E-state index >= 15 is 0 Å². The molecule has 3 aliphatic rings. The first-order valence-electron chi connectivity index (χ1n) is 22.3. The number of hydrogen-bond acceptors (Lipinski definition) is 3. The number of carbonyl (C=O) groups is 1. The molecule has 7 rings (SSSR count). The van der Waals surface area contributed by atoms with Crippen LogP contribution in [0.4, 0.5) is 0 Å². The Morgan fingerprint density at radius 1 is 0.695 bits per heavy atom. The van der Waals surface area contributed by atoms with Gasteiger partial charge in [0.15, 0.2) is 0 Å². The van der Waals surface area contributed by atoms with Crippen LogP contribution in [0.2, 0.25) is 10.1 Å². The summed E-state index contributed by atoms with van der Waals surface area (Å²) in [5.41, 5.74) is 4.02. The Labute approximate surface area is 358 Å². The van der Waals surface area contributed by atoms with Crippen molar-refractivity contribution in [3.05, 3.63) is 157 Å². The highest BCUT2D eigenvalue weighted by Crippen LogP contribution is 2.59. The molecule has 310 valence electrons. The molecule has 0 heterocycles. The van der Waals surface area contributed by atoms with E-state index in [1.165, 1.54) is 45.4 Å². The number of fused-ring (bicyclic) bond motifs is 1. The van der Waals surface area contributed by atoms with E-state index in [1.807, 2.05) is 0 Å². The smallest absolute Gasteiger partial charge is 0.261 e. The van der Waals surface area contributed by atoms with Crippen LogP contribution in [0.3, 0.4) is 0 Å². The normalized spacial score (nSPS) is 26.1. The first-order chi connectivity index (χ1) is 28.2. The van der Waals surface area contributed by atoms with Crippen molar-refractivity contribution >= 4 is 43.7 Å². The second kappa shape index (κ2) is 17.2. The van der Waals surface area contributed by atoms with Crippen LogP contribution < -0.4 is 20.7 Å². The molecule has 5 heteroatoms. The summed E-state index contributed by atoms with van der Waals surface area (Å²) in [7, 11) is -5.83. The maximum Gasteiger partial charge on any atom is 0.261 e. The number of hydrogen-bond donors (Lipinski definition) is 0. The third-order valence-corrected chi connectivity index (χ3v) is 24.7. The van der Waals surface area contributed by atoms with Crippen molar-refractivity contribution in [1.29, 1.82) is 0 Å². The highest BCUT2D eigenvalue weighted by molar-refractivity contribution is 7.00. The van der Waals surface area contributed by atoms with Gasteiger partial charge in [0.25, 0.3) is 16.6 Å². The number of aldehydes is 1. The molecule has 0 saturated heterocycles. The highest BCUT2D eigenvalue weighted by atomic mass is 28.4. The Kier molecular flexibility index (Phi) is 12.6. The predicted octanol–water partition coefficient (Wildman–Crippen LogP) is 11.1. The number of rotatable bonds is 11. The molecule has 0 radical (unpaired) electrons. The van der Waals surface area contributed by atoms with Gasteiger partial charge in [0.05, 0.1) is 12.2 Å². The van der Waals surface area contributed by atoms with E-state index in [2.05, 4.69) is 189 Å². The first-order valence-corrected chi connectivity index (χ1v) is 26.1. The zero-order chi connectivity index (χ0) is 42.1. The molecule has 3 saturated carbocycles. The topological polar surface area (TPSA) is 35.5 Å². The first kappa shape index (κ1) is 43.2. The Bertz CT molecular complexity index is 2030. The maximum atomic E-state index is 12.1. The van der Waals surface area contributed by atoms with E-state index in [1.54, 1.807) is 5.57 Å². The highest BCUT2D eigenvalue weighted by Gasteiger charge is 2.55. The molecule has 3 nitrogen and oxygen atoms in total. The van der Waals surface area contributed by atoms with Crippen LogP contribution in [0.15, 0.2) is 157 Å². The van der Waals surface area contributed by atoms with Crippen LogP contribution >= 0.6 is 0 Å². The monoisotopic (exact) mass is 820 g/mol. The molecule has 3 fully saturated rings. The summed E-state index contributed by atoms with van der Waals surface area (Å²) < 4.78 is 16.0.